The number of hydrogen-bond acceptors (Lipinski definition) is 1. The quantitative estimate of drug-likeness (QED) is 0.744. The van der Waals surface area contributed by atoms with Crippen molar-refractivity contribution in [2.45, 2.75) is 19.5 Å². The summed E-state index contributed by atoms with van der Waals surface area (Å²) in [6, 6.07) is 5.02. The Morgan fingerprint density at radius 2 is 2.13 bits per heavy atom. The monoisotopic (exact) mass is 276 g/mol. The first-order valence-corrected chi connectivity index (χ1v) is 5.20. The summed E-state index contributed by atoms with van der Waals surface area (Å²) in [6.07, 6.45) is 1.79. The van der Waals surface area contributed by atoms with Gasteiger partial charge in [-0.05, 0) is 39.5 Å². The molecule has 0 fully saturated rings. The van der Waals surface area contributed by atoms with Gasteiger partial charge in [-0.15, -0.1) is 6.58 Å². The van der Waals surface area contributed by atoms with Crippen molar-refractivity contribution < 1.29 is 13.5 Å². The van der Waals surface area contributed by atoms with Crippen LogP contribution in [0.15, 0.2) is 35.3 Å². The van der Waals surface area contributed by atoms with Crippen molar-refractivity contribution in [2.24, 2.45) is 0 Å². The number of hydrogen-bond donors (Lipinski definition) is 0. The zero-order valence-electron chi connectivity index (χ0n) is 8.21. The van der Waals surface area contributed by atoms with Crippen LogP contribution in [0.2, 0.25) is 0 Å². The standard InChI is InChI=1S/C11H11BrF2O/c1-3-7(2)8-4-5-10(9(12)6-8)15-11(13)14/h3-7,11H,1H2,2H3. The van der Waals surface area contributed by atoms with Crippen molar-refractivity contribution in [3.8, 4) is 5.75 Å². The second-order valence-corrected chi connectivity index (χ2v) is 3.95. The lowest BCUT2D eigenvalue weighted by Crippen LogP contribution is -2.02. The summed E-state index contributed by atoms with van der Waals surface area (Å²) in [5, 5.41) is 0. The van der Waals surface area contributed by atoms with Gasteiger partial charge in [0, 0.05) is 0 Å². The summed E-state index contributed by atoms with van der Waals surface area (Å²) >= 11 is 3.18. The molecule has 0 N–H and O–H groups in total. The van der Waals surface area contributed by atoms with Crippen molar-refractivity contribution in [2.75, 3.05) is 0 Å². The van der Waals surface area contributed by atoms with Crippen molar-refractivity contribution in [3.05, 3.63) is 40.9 Å². The average Bonchev–Trinajstić information content (AvgIpc) is 2.19. The molecule has 15 heavy (non-hydrogen) atoms. The van der Waals surface area contributed by atoms with Gasteiger partial charge >= 0.3 is 6.61 Å². The second-order valence-electron chi connectivity index (χ2n) is 3.09. The molecule has 0 aliphatic heterocycles. The molecule has 1 aromatic carbocycles. The molecule has 0 radical (unpaired) electrons. The molecule has 0 bridgehead atoms. The van der Waals surface area contributed by atoms with Gasteiger partial charge < -0.3 is 4.74 Å². The zero-order valence-corrected chi connectivity index (χ0v) is 9.80. The van der Waals surface area contributed by atoms with E-state index in [1.54, 1.807) is 18.2 Å². The Kier molecular flexibility index (Phi) is 4.27. The molecule has 4 heteroatoms. The number of halogens is 3. The van der Waals surface area contributed by atoms with Gasteiger partial charge in [0.05, 0.1) is 4.47 Å². The molecule has 0 amide bonds. The molecule has 1 unspecified atom stereocenters. The van der Waals surface area contributed by atoms with E-state index >= 15 is 0 Å². The molecule has 0 spiro atoms. The fourth-order valence-electron chi connectivity index (χ4n) is 1.13. The Hall–Kier alpha value is -0.900. The predicted octanol–water partition coefficient (Wildman–Crippen LogP) is 4.34. The lowest BCUT2D eigenvalue weighted by atomic mass is 10.0. The number of rotatable bonds is 4. The first kappa shape index (κ1) is 12.2. The largest absolute Gasteiger partial charge is 0.434 e. The Morgan fingerprint density at radius 3 is 2.60 bits per heavy atom. The lowest BCUT2D eigenvalue weighted by molar-refractivity contribution is -0.0503. The molecule has 0 saturated carbocycles. The first-order chi connectivity index (χ1) is 7.04. The molecule has 1 aromatic rings. The van der Waals surface area contributed by atoms with E-state index in [0.29, 0.717) is 4.47 Å². The average molecular weight is 277 g/mol. The van der Waals surface area contributed by atoms with Crippen LogP contribution in [0, 0.1) is 0 Å². The Balaban J connectivity index is 2.92. The van der Waals surface area contributed by atoms with Crippen molar-refractivity contribution >= 4 is 15.9 Å². The van der Waals surface area contributed by atoms with Gasteiger partial charge in [-0.2, -0.15) is 8.78 Å². The van der Waals surface area contributed by atoms with Gasteiger partial charge in [-0.1, -0.05) is 19.1 Å². The fourth-order valence-corrected chi connectivity index (χ4v) is 1.62. The summed E-state index contributed by atoms with van der Waals surface area (Å²) in [7, 11) is 0. The summed E-state index contributed by atoms with van der Waals surface area (Å²) in [6.45, 7) is 2.84. The molecule has 0 aliphatic rings. The van der Waals surface area contributed by atoms with E-state index in [4.69, 9.17) is 0 Å². The van der Waals surface area contributed by atoms with Gasteiger partial charge in [0.25, 0.3) is 0 Å². The van der Waals surface area contributed by atoms with Crippen LogP contribution in [-0.4, -0.2) is 6.61 Å². The highest BCUT2D eigenvalue weighted by molar-refractivity contribution is 9.10. The van der Waals surface area contributed by atoms with Gasteiger partial charge in [0.15, 0.2) is 0 Å². The van der Waals surface area contributed by atoms with Crippen molar-refractivity contribution in [1.82, 2.24) is 0 Å². The van der Waals surface area contributed by atoms with E-state index in [1.807, 2.05) is 6.92 Å². The molecule has 0 aliphatic carbocycles. The van der Waals surface area contributed by atoms with E-state index in [-0.39, 0.29) is 11.7 Å². The molecule has 1 atom stereocenters. The molecule has 1 nitrogen and oxygen atoms in total. The SMILES string of the molecule is C=CC(C)c1ccc(OC(F)F)c(Br)c1. The van der Waals surface area contributed by atoms with Crippen LogP contribution in [0.3, 0.4) is 0 Å². The topological polar surface area (TPSA) is 9.23 Å². The smallest absolute Gasteiger partial charge is 0.387 e. The van der Waals surface area contributed by atoms with Gasteiger partial charge in [-0.3, -0.25) is 0 Å². The second kappa shape index (κ2) is 5.26. The summed E-state index contributed by atoms with van der Waals surface area (Å²) in [4.78, 5) is 0. The molecule has 82 valence electrons. The van der Waals surface area contributed by atoms with Crippen LogP contribution in [0.25, 0.3) is 0 Å². The van der Waals surface area contributed by atoms with Crippen molar-refractivity contribution in [1.29, 1.82) is 0 Å². The molecular weight excluding hydrogens is 266 g/mol. The van der Waals surface area contributed by atoms with Crippen LogP contribution in [0.4, 0.5) is 8.78 Å². The maximum absolute atomic E-state index is 12.0. The van der Waals surface area contributed by atoms with E-state index < -0.39 is 6.61 Å². The summed E-state index contributed by atoms with van der Waals surface area (Å²) < 4.78 is 28.8. The van der Waals surface area contributed by atoms with Crippen LogP contribution < -0.4 is 4.74 Å². The molecule has 0 heterocycles. The molecule has 0 aromatic heterocycles. The van der Waals surface area contributed by atoms with Gasteiger partial charge in [0.1, 0.15) is 5.75 Å². The molecule has 0 saturated heterocycles. The first-order valence-electron chi connectivity index (χ1n) is 4.41. The highest BCUT2D eigenvalue weighted by Crippen LogP contribution is 2.30. The summed E-state index contributed by atoms with van der Waals surface area (Å²) in [5.74, 6) is 0.326. The zero-order chi connectivity index (χ0) is 11.4. The van der Waals surface area contributed by atoms with E-state index in [9.17, 15) is 8.78 Å². The fraction of sp³-hybridized carbons (Fsp3) is 0.273. The third-order valence-electron chi connectivity index (χ3n) is 2.05. The Bertz CT molecular complexity index is 352. The predicted molar refractivity (Wildman–Crippen MR) is 59.4 cm³/mol. The minimum Gasteiger partial charge on any atom is -0.434 e. The van der Waals surface area contributed by atoms with Crippen LogP contribution >= 0.6 is 15.9 Å². The van der Waals surface area contributed by atoms with Gasteiger partial charge in [-0.25, -0.2) is 0 Å². The highest BCUT2D eigenvalue weighted by Gasteiger charge is 2.10. The maximum atomic E-state index is 12.0. The highest BCUT2D eigenvalue weighted by atomic mass is 79.9. The molecular formula is C11H11BrF2O. The van der Waals surface area contributed by atoms with Crippen LogP contribution in [0.5, 0.6) is 5.75 Å². The minimum atomic E-state index is -2.80. The van der Waals surface area contributed by atoms with Crippen LogP contribution in [0.1, 0.15) is 18.4 Å². The number of ether oxygens (including phenoxy) is 1. The van der Waals surface area contributed by atoms with E-state index in [0.717, 1.165) is 5.56 Å². The van der Waals surface area contributed by atoms with E-state index in [2.05, 4.69) is 27.2 Å². The summed E-state index contributed by atoms with van der Waals surface area (Å²) in [5.41, 5.74) is 0.999. The number of benzene rings is 1. The van der Waals surface area contributed by atoms with Crippen molar-refractivity contribution in [3.63, 3.8) is 0 Å². The minimum absolute atomic E-state index is 0.144. The maximum Gasteiger partial charge on any atom is 0.387 e. The third kappa shape index (κ3) is 3.30. The number of allylic oxidation sites excluding steroid dienone is 1. The number of alkyl halides is 2. The molecule has 1 rings (SSSR count). The van der Waals surface area contributed by atoms with E-state index in [1.165, 1.54) is 6.07 Å². The third-order valence-corrected chi connectivity index (χ3v) is 2.67. The van der Waals surface area contributed by atoms with Gasteiger partial charge in [0.2, 0.25) is 0 Å². The van der Waals surface area contributed by atoms with Crippen LogP contribution in [-0.2, 0) is 0 Å². The Morgan fingerprint density at radius 1 is 1.47 bits per heavy atom. The lowest BCUT2D eigenvalue weighted by Gasteiger charge is -2.10. The Labute approximate surface area is 95.9 Å². The normalized spacial score (nSPS) is 12.6.